The van der Waals surface area contributed by atoms with Gasteiger partial charge in [-0.3, -0.25) is 0 Å². The van der Waals surface area contributed by atoms with Gasteiger partial charge in [0.15, 0.2) is 0 Å². The lowest BCUT2D eigenvalue weighted by Crippen LogP contribution is -2.32. The third kappa shape index (κ3) is 3.73. The molecule has 1 aromatic rings. The van der Waals surface area contributed by atoms with Crippen LogP contribution in [0.1, 0.15) is 44.6 Å². The first-order valence-corrected chi connectivity index (χ1v) is 7.55. The van der Waals surface area contributed by atoms with Crippen LogP contribution in [0.15, 0.2) is 24.3 Å². The van der Waals surface area contributed by atoms with Crippen LogP contribution in [-0.2, 0) is 6.42 Å². The van der Waals surface area contributed by atoms with E-state index in [2.05, 4.69) is 13.0 Å². The molecule has 3 unspecified atom stereocenters. The molecular weight excluding hydrogens is 236 g/mol. The third-order valence-corrected chi connectivity index (χ3v) is 4.57. The van der Waals surface area contributed by atoms with Gasteiger partial charge in [-0.25, -0.2) is 0 Å². The smallest absolute Gasteiger partial charge is 0.119 e. The first kappa shape index (κ1) is 14.4. The van der Waals surface area contributed by atoms with Crippen LogP contribution < -0.4 is 4.74 Å². The van der Waals surface area contributed by atoms with E-state index in [0.717, 1.165) is 12.2 Å². The van der Waals surface area contributed by atoms with Crippen LogP contribution in [-0.4, -0.2) is 18.3 Å². The minimum atomic E-state index is -0.211. The van der Waals surface area contributed by atoms with E-state index in [4.69, 9.17) is 4.74 Å². The zero-order valence-corrected chi connectivity index (χ0v) is 12.1. The van der Waals surface area contributed by atoms with Crippen LogP contribution in [0, 0.1) is 11.8 Å². The van der Waals surface area contributed by atoms with Crippen molar-refractivity contribution in [1.82, 2.24) is 0 Å². The Labute approximate surface area is 116 Å². The second-order valence-corrected chi connectivity index (χ2v) is 5.74. The predicted octanol–water partition coefficient (Wildman–Crippen LogP) is 3.82. The zero-order chi connectivity index (χ0) is 13.7. The molecule has 0 radical (unpaired) electrons. The lowest BCUT2D eigenvalue weighted by molar-refractivity contribution is 0.0464. The van der Waals surface area contributed by atoms with E-state index in [1.165, 1.54) is 37.7 Å². The standard InChI is InChI=1S/C17H26O2/c1-3-14-8-4-5-10-16(14)17(18)12-13-7-6-9-15(11-13)19-2/h6-7,9,11,14,16-18H,3-5,8,10,12H2,1-2H3. The highest BCUT2D eigenvalue weighted by Crippen LogP contribution is 2.35. The van der Waals surface area contributed by atoms with Gasteiger partial charge >= 0.3 is 0 Å². The highest BCUT2D eigenvalue weighted by molar-refractivity contribution is 5.28. The molecule has 1 fully saturated rings. The van der Waals surface area contributed by atoms with E-state index in [-0.39, 0.29) is 6.10 Å². The average molecular weight is 262 g/mol. The molecule has 1 aliphatic carbocycles. The topological polar surface area (TPSA) is 29.5 Å². The largest absolute Gasteiger partial charge is 0.497 e. The Hall–Kier alpha value is -1.02. The maximum Gasteiger partial charge on any atom is 0.119 e. The predicted molar refractivity (Wildman–Crippen MR) is 78.4 cm³/mol. The van der Waals surface area contributed by atoms with Crippen molar-refractivity contribution in [2.75, 3.05) is 7.11 Å². The van der Waals surface area contributed by atoms with E-state index < -0.39 is 0 Å². The maximum absolute atomic E-state index is 10.6. The SMILES string of the molecule is CCC1CCCCC1C(O)Cc1cccc(OC)c1. The molecule has 0 aromatic heterocycles. The van der Waals surface area contributed by atoms with Crippen LogP contribution in [0.4, 0.5) is 0 Å². The number of benzene rings is 1. The first-order valence-electron chi connectivity index (χ1n) is 7.55. The van der Waals surface area contributed by atoms with Gasteiger partial charge in [-0.05, 0) is 42.4 Å². The Kier molecular flexibility index (Phi) is 5.26. The van der Waals surface area contributed by atoms with Crippen LogP contribution in [0.2, 0.25) is 0 Å². The first-order chi connectivity index (χ1) is 9.24. The maximum atomic E-state index is 10.6. The van der Waals surface area contributed by atoms with Gasteiger partial charge in [0.05, 0.1) is 13.2 Å². The highest BCUT2D eigenvalue weighted by Gasteiger charge is 2.29. The number of hydrogen-bond donors (Lipinski definition) is 1. The van der Waals surface area contributed by atoms with Crippen molar-refractivity contribution in [1.29, 1.82) is 0 Å². The lowest BCUT2D eigenvalue weighted by Gasteiger charge is -2.34. The average Bonchev–Trinajstić information content (AvgIpc) is 2.47. The molecule has 0 amide bonds. The van der Waals surface area contributed by atoms with Gasteiger partial charge in [0.25, 0.3) is 0 Å². The molecule has 106 valence electrons. The second-order valence-electron chi connectivity index (χ2n) is 5.74. The van der Waals surface area contributed by atoms with Crippen LogP contribution in [0.5, 0.6) is 5.75 Å². The number of methoxy groups -OCH3 is 1. The molecule has 0 heterocycles. The molecule has 0 aliphatic heterocycles. The van der Waals surface area contributed by atoms with Gasteiger partial charge < -0.3 is 9.84 Å². The van der Waals surface area contributed by atoms with Gasteiger partial charge in [-0.1, -0.05) is 44.7 Å². The Morgan fingerprint density at radius 3 is 2.84 bits per heavy atom. The second kappa shape index (κ2) is 6.95. The molecule has 1 aromatic carbocycles. The van der Waals surface area contributed by atoms with Crippen molar-refractivity contribution in [3.63, 3.8) is 0 Å². The molecule has 0 saturated heterocycles. The van der Waals surface area contributed by atoms with Gasteiger partial charge in [-0.15, -0.1) is 0 Å². The fourth-order valence-electron chi connectivity index (χ4n) is 3.44. The summed E-state index contributed by atoms with van der Waals surface area (Å²) in [6, 6.07) is 8.06. The van der Waals surface area contributed by atoms with Crippen molar-refractivity contribution in [3.05, 3.63) is 29.8 Å². The summed E-state index contributed by atoms with van der Waals surface area (Å²) in [7, 11) is 1.68. The number of aliphatic hydroxyl groups excluding tert-OH is 1. The van der Waals surface area contributed by atoms with E-state index in [1.54, 1.807) is 7.11 Å². The summed E-state index contributed by atoms with van der Waals surface area (Å²) in [5, 5.41) is 10.6. The summed E-state index contributed by atoms with van der Waals surface area (Å²) in [6.07, 6.45) is 6.81. The van der Waals surface area contributed by atoms with E-state index >= 15 is 0 Å². The summed E-state index contributed by atoms with van der Waals surface area (Å²) < 4.78 is 5.24. The van der Waals surface area contributed by atoms with Crippen molar-refractivity contribution < 1.29 is 9.84 Å². The summed E-state index contributed by atoms with van der Waals surface area (Å²) in [6.45, 7) is 2.25. The van der Waals surface area contributed by atoms with Crippen molar-refractivity contribution in [2.45, 2.75) is 51.6 Å². The Morgan fingerprint density at radius 1 is 1.32 bits per heavy atom. The molecule has 2 rings (SSSR count). The molecule has 1 saturated carbocycles. The fourth-order valence-corrected chi connectivity index (χ4v) is 3.44. The molecule has 0 spiro atoms. The normalized spacial score (nSPS) is 25.0. The minimum absolute atomic E-state index is 0.211. The van der Waals surface area contributed by atoms with Crippen LogP contribution in [0.25, 0.3) is 0 Å². The molecule has 3 atom stereocenters. The Bertz CT molecular complexity index is 389. The number of aliphatic hydroxyl groups is 1. The number of rotatable bonds is 5. The van der Waals surface area contributed by atoms with Gasteiger partial charge in [-0.2, -0.15) is 0 Å². The third-order valence-electron chi connectivity index (χ3n) is 4.57. The monoisotopic (exact) mass is 262 g/mol. The number of hydrogen-bond acceptors (Lipinski definition) is 2. The molecule has 2 nitrogen and oxygen atoms in total. The van der Waals surface area contributed by atoms with Crippen molar-refractivity contribution in [3.8, 4) is 5.75 Å². The minimum Gasteiger partial charge on any atom is -0.497 e. The summed E-state index contributed by atoms with van der Waals surface area (Å²) >= 11 is 0. The molecule has 19 heavy (non-hydrogen) atoms. The van der Waals surface area contributed by atoms with Crippen LogP contribution in [0.3, 0.4) is 0 Å². The zero-order valence-electron chi connectivity index (χ0n) is 12.1. The summed E-state index contributed by atoms with van der Waals surface area (Å²) in [4.78, 5) is 0. The summed E-state index contributed by atoms with van der Waals surface area (Å²) in [5.74, 6) is 2.06. The number of ether oxygens (including phenoxy) is 1. The Balaban J connectivity index is 2.00. The van der Waals surface area contributed by atoms with E-state index in [9.17, 15) is 5.11 Å². The molecule has 2 heteroatoms. The van der Waals surface area contributed by atoms with Crippen molar-refractivity contribution in [2.24, 2.45) is 11.8 Å². The van der Waals surface area contributed by atoms with Gasteiger partial charge in [0, 0.05) is 0 Å². The van der Waals surface area contributed by atoms with Crippen LogP contribution >= 0.6 is 0 Å². The highest BCUT2D eigenvalue weighted by atomic mass is 16.5. The fraction of sp³-hybridized carbons (Fsp3) is 0.647. The van der Waals surface area contributed by atoms with E-state index in [1.807, 2.05) is 18.2 Å². The Morgan fingerprint density at radius 2 is 2.11 bits per heavy atom. The summed E-state index contributed by atoms with van der Waals surface area (Å²) in [5.41, 5.74) is 1.17. The lowest BCUT2D eigenvalue weighted by atomic mass is 9.74. The quantitative estimate of drug-likeness (QED) is 0.874. The molecule has 0 bridgehead atoms. The molecule has 1 aliphatic rings. The van der Waals surface area contributed by atoms with E-state index in [0.29, 0.717) is 11.8 Å². The van der Waals surface area contributed by atoms with Gasteiger partial charge in [0.2, 0.25) is 0 Å². The van der Waals surface area contributed by atoms with Gasteiger partial charge in [0.1, 0.15) is 5.75 Å². The molecular formula is C17H26O2. The molecule has 1 N–H and O–H groups in total. The van der Waals surface area contributed by atoms with Crippen molar-refractivity contribution >= 4 is 0 Å².